The highest BCUT2D eigenvalue weighted by molar-refractivity contribution is 9.10. The molecule has 2 aromatic rings. The highest BCUT2D eigenvalue weighted by Crippen LogP contribution is 2.27. The average molecular weight is 439 g/mol. The number of hydrogen-bond acceptors (Lipinski definition) is 5. The average Bonchev–Trinajstić information content (AvgIpc) is 2.64. The third-order valence-electron chi connectivity index (χ3n) is 4.38. The van der Waals surface area contributed by atoms with Crippen LogP contribution in [0, 0.1) is 12.8 Å². The Hall–Kier alpha value is -1.77. The maximum Gasteiger partial charge on any atom is 0.314 e. The minimum absolute atomic E-state index is 0.281. The fourth-order valence-electron chi connectivity index (χ4n) is 2.83. The van der Waals surface area contributed by atoms with Gasteiger partial charge in [0.25, 0.3) is 0 Å². The molecule has 1 aliphatic heterocycles. The lowest BCUT2D eigenvalue weighted by Crippen LogP contribution is -2.41. The number of aryl methyl sites for hydroxylation is 1. The second-order valence-electron chi connectivity index (χ2n) is 6.20. The number of ether oxygens (including phenoxy) is 1. The van der Waals surface area contributed by atoms with Gasteiger partial charge in [-0.05, 0) is 60.0 Å². The number of sulfonamides is 1. The van der Waals surface area contributed by atoms with E-state index in [1.807, 2.05) is 6.92 Å². The highest BCUT2D eigenvalue weighted by atomic mass is 79.9. The van der Waals surface area contributed by atoms with Crippen LogP contribution in [0.15, 0.2) is 52.1 Å². The fraction of sp³-hybridized carbons (Fsp3) is 0.333. The molecule has 0 amide bonds. The number of nitrogens with zero attached hydrogens (tertiary/aromatic N) is 2. The van der Waals surface area contributed by atoms with Crippen LogP contribution in [0.1, 0.15) is 18.4 Å². The molecule has 0 atom stereocenters. The standard InChI is InChI=1S/C18H19BrN2O4S/c1-13-4-6-15(7-5-13)26(23,24)21-11-8-14(9-12-21)18(22)25-16-3-2-10-20-17(16)19/h2-7,10,14H,8-9,11-12H2,1H3. The summed E-state index contributed by atoms with van der Waals surface area (Å²) in [5.74, 6) is -0.315. The van der Waals surface area contributed by atoms with E-state index in [0.717, 1.165) is 5.56 Å². The SMILES string of the molecule is Cc1ccc(S(=O)(=O)N2CCC(C(=O)Oc3cccnc3Br)CC2)cc1. The molecule has 6 nitrogen and oxygen atoms in total. The van der Waals surface area contributed by atoms with Crippen molar-refractivity contribution in [2.75, 3.05) is 13.1 Å². The lowest BCUT2D eigenvalue weighted by molar-refractivity contribution is -0.140. The fourth-order valence-corrected chi connectivity index (χ4v) is 4.63. The molecule has 2 heterocycles. The van der Waals surface area contributed by atoms with Crippen LogP contribution in [0.2, 0.25) is 0 Å². The van der Waals surface area contributed by atoms with Gasteiger partial charge in [-0.1, -0.05) is 17.7 Å². The number of carbonyl (C=O) groups is 1. The van der Waals surface area contributed by atoms with Crippen LogP contribution >= 0.6 is 15.9 Å². The summed E-state index contributed by atoms with van der Waals surface area (Å²) in [6, 6.07) is 10.1. The molecule has 138 valence electrons. The normalized spacial score (nSPS) is 16.4. The van der Waals surface area contributed by atoms with Crippen molar-refractivity contribution in [3.05, 3.63) is 52.8 Å². The van der Waals surface area contributed by atoms with Gasteiger partial charge < -0.3 is 4.74 Å². The number of piperidine rings is 1. The maximum absolute atomic E-state index is 12.7. The number of esters is 1. The third kappa shape index (κ3) is 4.13. The van der Waals surface area contributed by atoms with Gasteiger partial charge in [0.2, 0.25) is 10.0 Å². The molecule has 0 radical (unpaired) electrons. The van der Waals surface area contributed by atoms with E-state index in [1.165, 1.54) is 4.31 Å². The van der Waals surface area contributed by atoms with E-state index in [1.54, 1.807) is 42.6 Å². The lowest BCUT2D eigenvalue weighted by Gasteiger charge is -2.30. The molecule has 0 unspecified atom stereocenters. The van der Waals surface area contributed by atoms with E-state index in [2.05, 4.69) is 20.9 Å². The van der Waals surface area contributed by atoms with Gasteiger partial charge in [0.05, 0.1) is 10.8 Å². The van der Waals surface area contributed by atoms with E-state index in [4.69, 9.17) is 4.74 Å². The molecular formula is C18H19BrN2O4S. The Morgan fingerprint density at radius 1 is 1.19 bits per heavy atom. The largest absolute Gasteiger partial charge is 0.423 e. The van der Waals surface area contributed by atoms with Crippen molar-refractivity contribution in [3.8, 4) is 5.75 Å². The first-order valence-electron chi connectivity index (χ1n) is 8.27. The molecule has 1 aliphatic rings. The minimum Gasteiger partial charge on any atom is -0.423 e. The smallest absolute Gasteiger partial charge is 0.314 e. The molecule has 1 aromatic heterocycles. The predicted molar refractivity (Wildman–Crippen MR) is 100 cm³/mol. The van der Waals surface area contributed by atoms with Crippen molar-refractivity contribution >= 4 is 31.9 Å². The molecular weight excluding hydrogens is 420 g/mol. The van der Waals surface area contributed by atoms with E-state index in [0.29, 0.717) is 36.3 Å². The van der Waals surface area contributed by atoms with Crippen molar-refractivity contribution in [2.45, 2.75) is 24.7 Å². The second-order valence-corrected chi connectivity index (χ2v) is 8.89. The Morgan fingerprint density at radius 3 is 2.46 bits per heavy atom. The highest BCUT2D eigenvalue weighted by Gasteiger charge is 2.33. The minimum atomic E-state index is -3.53. The third-order valence-corrected chi connectivity index (χ3v) is 6.89. The van der Waals surface area contributed by atoms with Gasteiger partial charge in [-0.25, -0.2) is 13.4 Å². The first-order chi connectivity index (χ1) is 12.4. The molecule has 1 aromatic carbocycles. The quantitative estimate of drug-likeness (QED) is 0.541. The molecule has 1 saturated heterocycles. The zero-order valence-corrected chi connectivity index (χ0v) is 16.7. The Bertz CT molecular complexity index is 892. The Morgan fingerprint density at radius 2 is 1.85 bits per heavy atom. The molecule has 0 bridgehead atoms. The van der Waals surface area contributed by atoms with Crippen molar-refractivity contribution in [1.82, 2.24) is 9.29 Å². The molecule has 0 aliphatic carbocycles. The van der Waals surface area contributed by atoms with Gasteiger partial charge in [-0.2, -0.15) is 4.31 Å². The molecule has 0 spiro atoms. The van der Waals surface area contributed by atoms with Gasteiger partial charge in [0.1, 0.15) is 4.60 Å². The van der Waals surface area contributed by atoms with Gasteiger partial charge in [0, 0.05) is 19.3 Å². The number of carbonyl (C=O) groups excluding carboxylic acids is 1. The first-order valence-corrected chi connectivity index (χ1v) is 10.5. The molecule has 8 heteroatoms. The first kappa shape index (κ1) is 19.0. The monoisotopic (exact) mass is 438 g/mol. The van der Waals surface area contributed by atoms with Gasteiger partial charge in [-0.15, -0.1) is 0 Å². The van der Waals surface area contributed by atoms with Crippen LogP contribution in [0.5, 0.6) is 5.75 Å². The molecule has 0 N–H and O–H groups in total. The van der Waals surface area contributed by atoms with E-state index < -0.39 is 10.0 Å². The maximum atomic E-state index is 12.7. The molecule has 1 fully saturated rings. The Kier molecular flexibility index (Phi) is 5.74. The van der Waals surface area contributed by atoms with Crippen molar-refractivity contribution in [2.24, 2.45) is 5.92 Å². The van der Waals surface area contributed by atoms with Gasteiger partial charge in [0.15, 0.2) is 5.75 Å². The molecule has 26 heavy (non-hydrogen) atoms. The summed E-state index contributed by atoms with van der Waals surface area (Å²) in [6.45, 7) is 2.50. The number of hydrogen-bond donors (Lipinski definition) is 0. The van der Waals surface area contributed by atoms with Crippen LogP contribution in [0.25, 0.3) is 0 Å². The number of aromatic nitrogens is 1. The summed E-state index contributed by atoms with van der Waals surface area (Å²) in [4.78, 5) is 16.6. The van der Waals surface area contributed by atoms with Crippen LogP contribution in [0.3, 0.4) is 0 Å². The van der Waals surface area contributed by atoms with E-state index in [9.17, 15) is 13.2 Å². The number of pyridine rings is 1. The Labute approximate surface area is 161 Å². The molecule has 3 rings (SSSR count). The zero-order valence-electron chi connectivity index (χ0n) is 14.3. The Balaban J connectivity index is 1.62. The summed E-state index contributed by atoms with van der Waals surface area (Å²) in [6.07, 6.45) is 2.46. The summed E-state index contributed by atoms with van der Waals surface area (Å²) in [5, 5.41) is 0. The number of benzene rings is 1. The summed E-state index contributed by atoms with van der Waals surface area (Å²) < 4.78 is 32.7. The number of rotatable bonds is 4. The van der Waals surface area contributed by atoms with Crippen LogP contribution < -0.4 is 4.74 Å². The lowest BCUT2D eigenvalue weighted by atomic mass is 9.98. The summed E-state index contributed by atoms with van der Waals surface area (Å²) in [7, 11) is -3.53. The van der Waals surface area contributed by atoms with E-state index >= 15 is 0 Å². The van der Waals surface area contributed by atoms with Gasteiger partial charge in [-0.3, -0.25) is 4.79 Å². The summed E-state index contributed by atoms with van der Waals surface area (Å²) >= 11 is 3.24. The van der Waals surface area contributed by atoms with Crippen LogP contribution in [0.4, 0.5) is 0 Å². The van der Waals surface area contributed by atoms with E-state index in [-0.39, 0.29) is 16.8 Å². The van der Waals surface area contributed by atoms with Gasteiger partial charge >= 0.3 is 5.97 Å². The van der Waals surface area contributed by atoms with Crippen molar-refractivity contribution < 1.29 is 17.9 Å². The van der Waals surface area contributed by atoms with Crippen molar-refractivity contribution in [3.63, 3.8) is 0 Å². The second kappa shape index (κ2) is 7.85. The molecule has 0 saturated carbocycles. The topological polar surface area (TPSA) is 76.6 Å². The predicted octanol–water partition coefficient (Wildman–Crippen LogP) is 3.16. The number of halogens is 1. The van der Waals surface area contributed by atoms with Crippen LogP contribution in [-0.4, -0.2) is 36.8 Å². The summed E-state index contributed by atoms with van der Waals surface area (Å²) in [5.41, 5.74) is 1.01. The van der Waals surface area contributed by atoms with Crippen LogP contribution in [-0.2, 0) is 14.8 Å². The van der Waals surface area contributed by atoms with Crippen molar-refractivity contribution in [1.29, 1.82) is 0 Å². The zero-order chi connectivity index (χ0) is 18.7.